The Morgan fingerprint density at radius 1 is 1.12 bits per heavy atom. The van der Waals surface area contributed by atoms with Gasteiger partial charge in [-0.25, -0.2) is 9.97 Å². The van der Waals surface area contributed by atoms with Crippen LogP contribution in [0.1, 0.15) is 55.7 Å². The van der Waals surface area contributed by atoms with Gasteiger partial charge in [-0.05, 0) is 44.7 Å². The van der Waals surface area contributed by atoms with Crippen LogP contribution in [0.3, 0.4) is 0 Å². The van der Waals surface area contributed by atoms with E-state index >= 15 is 0 Å². The molecule has 0 radical (unpaired) electrons. The first-order valence-corrected chi connectivity index (χ1v) is 9.89. The molecule has 1 aliphatic heterocycles. The summed E-state index contributed by atoms with van der Waals surface area (Å²) in [5.41, 5.74) is 3.34. The molecule has 2 aliphatic rings. The Morgan fingerprint density at radius 3 is 2.77 bits per heavy atom. The molecule has 2 heterocycles. The molecule has 1 saturated carbocycles. The van der Waals surface area contributed by atoms with Crippen LogP contribution in [0.2, 0.25) is 0 Å². The van der Waals surface area contributed by atoms with Crippen LogP contribution in [0.5, 0.6) is 0 Å². The van der Waals surface area contributed by atoms with Crippen molar-refractivity contribution in [1.29, 1.82) is 0 Å². The third kappa shape index (κ3) is 3.64. The Hall–Kier alpha value is -2.23. The van der Waals surface area contributed by atoms with Crippen LogP contribution in [0.25, 0.3) is 11.4 Å². The maximum absolute atomic E-state index is 12.8. The van der Waals surface area contributed by atoms with Gasteiger partial charge in [-0.1, -0.05) is 36.6 Å². The van der Waals surface area contributed by atoms with Crippen molar-refractivity contribution in [3.63, 3.8) is 0 Å². The zero-order chi connectivity index (χ0) is 17.9. The highest BCUT2D eigenvalue weighted by Crippen LogP contribution is 2.31. The lowest BCUT2D eigenvalue weighted by molar-refractivity contribution is -0.136. The van der Waals surface area contributed by atoms with E-state index in [1.165, 1.54) is 18.4 Å². The number of amides is 1. The van der Waals surface area contributed by atoms with Crippen LogP contribution in [0.15, 0.2) is 36.5 Å². The highest BCUT2D eigenvalue weighted by Gasteiger charge is 2.31. The van der Waals surface area contributed by atoms with Crippen molar-refractivity contribution in [3.8, 4) is 11.4 Å². The van der Waals surface area contributed by atoms with Gasteiger partial charge in [0.1, 0.15) is 0 Å². The quantitative estimate of drug-likeness (QED) is 0.828. The molecule has 0 bridgehead atoms. The maximum atomic E-state index is 12.8. The molecule has 4 rings (SSSR count). The summed E-state index contributed by atoms with van der Waals surface area (Å²) in [6, 6.07) is 10.3. The van der Waals surface area contributed by atoms with E-state index in [-0.39, 0.29) is 5.92 Å². The van der Waals surface area contributed by atoms with Crippen molar-refractivity contribution in [2.45, 2.75) is 51.4 Å². The molecule has 4 heteroatoms. The third-order valence-corrected chi connectivity index (χ3v) is 5.81. The van der Waals surface area contributed by atoms with Crippen LogP contribution in [0.4, 0.5) is 0 Å². The normalized spacial score (nSPS) is 21.1. The van der Waals surface area contributed by atoms with Gasteiger partial charge in [0.05, 0.1) is 0 Å². The molecule has 26 heavy (non-hydrogen) atoms. The van der Waals surface area contributed by atoms with Gasteiger partial charge < -0.3 is 4.90 Å². The van der Waals surface area contributed by atoms with Crippen LogP contribution < -0.4 is 0 Å². The molecule has 1 aromatic carbocycles. The summed E-state index contributed by atoms with van der Waals surface area (Å²) in [4.78, 5) is 24.2. The Labute approximate surface area is 155 Å². The van der Waals surface area contributed by atoms with E-state index in [2.05, 4.69) is 35.0 Å². The smallest absolute Gasteiger partial charge is 0.225 e. The molecule has 1 amide bonds. The molecule has 0 N–H and O–H groups in total. The largest absolute Gasteiger partial charge is 0.342 e. The minimum absolute atomic E-state index is 0.266. The van der Waals surface area contributed by atoms with Crippen molar-refractivity contribution in [2.24, 2.45) is 5.92 Å². The second-order valence-corrected chi connectivity index (χ2v) is 7.78. The van der Waals surface area contributed by atoms with Gasteiger partial charge in [0.15, 0.2) is 5.82 Å². The van der Waals surface area contributed by atoms with Crippen molar-refractivity contribution in [2.75, 3.05) is 13.1 Å². The number of benzene rings is 1. The minimum atomic E-state index is 0.266. The summed E-state index contributed by atoms with van der Waals surface area (Å²) in [7, 11) is 0. The lowest BCUT2D eigenvalue weighted by Crippen LogP contribution is -2.42. The Balaban J connectivity index is 1.51. The Bertz CT molecular complexity index is 782. The summed E-state index contributed by atoms with van der Waals surface area (Å²) < 4.78 is 0. The van der Waals surface area contributed by atoms with Crippen LogP contribution in [0, 0.1) is 12.8 Å². The predicted molar refractivity (Wildman–Crippen MR) is 103 cm³/mol. The first-order chi connectivity index (χ1) is 12.7. The van der Waals surface area contributed by atoms with E-state index in [1.54, 1.807) is 0 Å². The zero-order valence-corrected chi connectivity index (χ0v) is 15.5. The fourth-order valence-electron chi connectivity index (χ4n) is 4.37. The third-order valence-electron chi connectivity index (χ3n) is 5.81. The monoisotopic (exact) mass is 349 g/mol. The van der Waals surface area contributed by atoms with E-state index in [0.717, 1.165) is 55.9 Å². The SMILES string of the molecule is Cc1cccc(-c2nccc(C3CCCN(C(=O)C4CCCC4)C3)n2)c1. The summed E-state index contributed by atoms with van der Waals surface area (Å²) in [5, 5.41) is 0. The van der Waals surface area contributed by atoms with Gasteiger partial charge in [-0.2, -0.15) is 0 Å². The van der Waals surface area contributed by atoms with Gasteiger partial charge >= 0.3 is 0 Å². The summed E-state index contributed by atoms with van der Waals surface area (Å²) in [5.74, 6) is 1.74. The molecule has 2 fully saturated rings. The van der Waals surface area contributed by atoms with Gasteiger partial charge in [0, 0.05) is 42.4 Å². The lowest BCUT2D eigenvalue weighted by atomic mass is 9.93. The Kier molecular flexibility index (Phi) is 5.00. The molecule has 1 unspecified atom stereocenters. The van der Waals surface area contributed by atoms with Gasteiger partial charge in [-0.3, -0.25) is 4.79 Å². The van der Waals surface area contributed by atoms with E-state index in [1.807, 2.05) is 18.3 Å². The maximum Gasteiger partial charge on any atom is 0.225 e. The second kappa shape index (κ2) is 7.56. The van der Waals surface area contributed by atoms with Crippen LogP contribution >= 0.6 is 0 Å². The van der Waals surface area contributed by atoms with E-state index in [9.17, 15) is 4.79 Å². The molecule has 1 aliphatic carbocycles. The van der Waals surface area contributed by atoms with Gasteiger partial charge in [-0.15, -0.1) is 0 Å². The minimum Gasteiger partial charge on any atom is -0.342 e. The molecule has 4 nitrogen and oxygen atoms in total. The van der Waals surface area contributed by atoms with E-state index in [0.29, 0.717) is 11.8 Å². The first-order valence-electron chi connectivity index (χ1n) is 9.89. The topological polar surface area (TPSA) is 46.1 Å². The predicted octanol–water partition coefficient (Wildman–Crippen LogP) is 4.35. The number of rotatable bonds is 3. The molecular weight excluding hydrogens is 322 g/mol. The number of carbonyl (C=O) groups is 1. The fraction of sp³-hybridized carbons (Fsp3) is 0.500. The molecule has 1 saturated heterocycles. The van der Waals surface area contributed by atoms with E-state index < -0.39 is 0 Å². The molecule has 2 aromatic rings. The highest BCUT2D eigenvalue weighted by molar-refractivity contribution is 5.79. The summed E-state index contributed by atoms with van der Waals surface area (Å²) in [6.07, 6.45) is 8.58. The number of hydrogen-bond acceptors (Lipinski definition) is 3. The van der Waals surface area contributed by atoms with Crippen molar-refractivity contribution >= 4 is 5.91 Å². The first kappa shape index (κ1) is 17.2. The zero-order valence-electron chi connectivity index (χ0n) is 15.5. The average Bonchev–Trinajstić information content (AvgIpc) is 3.22. The fourth-order valence-corrected chi connectivity index (χ4v) is 4.37. The van der Waals surface area contributed by atoms with Crippen molar-refractivity contribution in [1.82, 2.24) is 14.9 Å². The molecular formula is C22H27N3O. The highest BCUT2D eigenvalue weighted by atomic mass is 16.2. The number of likely N-dealkylation sites (tertiary alicyclic amines) is 1. The lowest BCUT2D eigenvalue weighted by Gasteiger charge is -2.34. The van der Waals surface area contributed by atoms with Crippen molar-refractivity contribution in [3.05, 3.63) is 47.8 Å². The number of carbonyl (C=O) groups excluding carboxylic acids is 1. The van der Waals surface area contributed by atoms with Crippen molar-refractivity contribution < 1.29 is 4.79 Å². The Morgan fingerprint density at radius 2 is 1.96 bits per heavy atom. The number of aromatic nitrogens is 2. The second-order valence-electron chi connectivity index (χ2n) is 7.78. The average molecular weight is 349 g/mol. The van der Waals surface area contributed by atoms with Crippen LogP contribution in [-0.2, 0) is 4.79 Å². The van der Waals surface area contributed by atoms with Crippen LogP contribution in [-0.4, -0.2) is 33.9 Å². The number of nitrogens with zero attached hydrogens (tertiary/aromatic N) is 3. The summed E-state index contributed by atoms with van der Waals surface area (Å²) >= 11 is 0. The number of piperidine rings is 1. The van der Waals surface area contributed by atoms with E-state index in [4.69, 9.17) is 4.98 Å². The molecule has 1 atom stereocenters. The molecule has 0 spiro atoms. The standard InChI is InChI=1S/C22H27N3O/c1-16-6-4-9-18(14-16)21-23-12-11-20(24-21)19-10-5-13-25(15-19)22(26)17-7-2-3-8-17/h4,6,9,11-12,14,17,19H,2-3,5,7-8,10,13,15H2,1H3. The molecule has 1 aromatic heterocycles. The number of hydrogen-bond donors (Lipinski definition) is 0. The summed E-state index contributed by atoms with van der Waals surface area (Å²) in [6.45, 7) is 3.79. The van der Waals surface area contributed by atoms with Gasteiger partial charge in [0.25, 0.3) is 0 Å². The van der Waals surface area contributed by atoms with Gasteiger partial charge in [0.2, 0.25) is 5.91 Å². The number of aryl methyl sites for hydroxylation is 1. The molecule has 136 valence electrons.